The first-order valence-corrected chi connectivity index (χ1v) is 21.1. The highest BCUT2D eigenvalue weighted by Gasteiger charge is 2.25. The molecule has 0 bridgehead atoms. The van der Waals surface area contributed by atoms with E-state index in [4.69, 9.17) is 20.1 Å². The molecule has 3 aliphatic rings. The molecule has 0 amide bonds. The number of nitrogens with one attached hydrogen (secondary N) is 1. The Hall–Kier alpha value is -4.89. The highest BCUT2D eigenvalue weighted by atomic mass is 32.2. The van der Waals surface area contributed by atoms with Crippen molar-refractivity contribution in [1.82, 2.24) is 4.98 Å². The first kappa shape index (κ1) is 43.8. The topological polar surface area (TPSA) is 190 Å². The van der Waals surface area contributed by atoms with Crippen molar-refractivity contribution in [3.63, 3.8) is 0 Å². The van der Waals surface area contributed by atoms with Crippen molar-refractivity contribution in [3.8, 4) is 0 Å². The summed E-state index contributed by atoms with van der Waals surface area (Å²) in [6.45, 7) is 11.7. The molecule has 3 atom stereocenters. The summed E-state index contributed by atoms with van der Waals surface area (Å²) in [5.41, 5.74) is 4.70. The largest absolute Gasteiger partial charge is 0.478 e. The summed E-state index contributed by atoms with van der Waals surface area (Å²) >= 11 is 0. The highest BCUT2D eigenvalue weighted by molar-refractivity contribution is 7.92. The molecule has 0 radical (unpaired) electrons. The van der Waals surface area contributed by atoms with Crippen molar-refractivity contribution >= 4 is 50.8 Å². The van der Waals surface area contributed by atoms with Gasteiger partial charge in [0.25, 0.3) is 0 Å². The van der Waals surface area contributed by atoms with Crippen molar-refractivity contribution in [3.05, 3.63) is 76.5 Å². The number of carbonyl (C=O) groups is 3. The minimum Gasteiger partial charge on any atom is -0.478 e. The number of sulfonamides is 1. The van der Waals surface area contributed by atoms with E-state index in [0.717, 1.165) is 73.5 Å². The molecule has 3 fully saturated rings. The molecule has 3 aromatic rings. The molecule has 3 unspecified atom stereocenters. The number of pyridine rings is 1. The number of benzene rings is 2. The lowest BCUT2D eigenvalue weighted by atomic mass is 10.00. The smallest absolute Gasteiger partial charge is 0.337 e. The summed E-state index contributed by atoms with van der Waals surface area (Å²) in [4.78, 5) is 44.0. The van der Waals surface area contributed by atoms with Gasteiger partial charge in [-0.15, -0.1) is 0 Å². The van der Waals surface area contributed by atoms with Gasteiger partial charge in [0.05, 0.1) is 40.9 Å². The molecule has 1 aromatic heterocycles. The summed E-state index contributed by atoms with van der Waals surface area (Å²) in [5.74, 6) is -1.97. The average molecular weight is 796 g/mol. The van der Waals surface area contributed by atoms with Gasteiger partial charge in [0.15, 0.2) is 0 Å². The summed E-state index contributed by atoms with van der Waals surface area (Å²) in [6.07, 6.45) is 11.8. The Kier molecular flexibility index (Phi) is 15.5. The molecule has 0 spiro atoms. The molecule has 3 aliphatic heterocycles. The number of carboxylic acids is 3. The summed E-state index contributed by atoms with van der Waals surface area (Å²) in [7, 11) is -1.83. The number of nitrogens with zero attached hydrogens (tertiary/aromatic N) is 4. The average Bonchev–Trinajstić information content (AvgIpc) is 3.57. The van der Waals surface area contributed by atoms with Crippen LogP contribution >= 0.6 is 0 Å². The Morgan fingerprint density at radius 2 is 1.23 bits per heavy atom. The normalized spacial score (nSPS) is 19.6. The van der Waals surface area contributed by atoms with Crippen molar-refractivity contribution in [2.45, 2.75) is 104 Å². The number of piperidine rings is 2. The molecule has 4 N–H and O–H groups in total. The van der Waals surface area contributed by atoms with Gasteiger partial charge in [-0.2, -0.15) is 0 Å². The van der Waals surface area contributed by atoms with E-state index >= 15 is 0 Å². The summed E-state index contributed by atoms with van der Waals surface area (Å²) < 4.78 is 30.7. The molecule has 14 nitrogen and oxygen atoms in total. The van der Waals surface area contributed by atoms with E-state index in [0.29, 0.717) is 36.0 Å². The van der Waals surface area contributed by atoms with Crippen LogP contribution < -0.4 is 19.4 Å². The first-order valence-electron chi connectivity index (χ1n) is 19.2. The van der Waals surface area contributed by atoms with Crippen LogP contribution in [0.1, 0.15) is 114 Å². The maximum atomic E-state index is 11.5. The van der Waals surface area contributed by atoms with Gasteiger partial charge in [0.2, 0.25) is 10.0 Å². The zero-order valence-electron chi connectivity index (χ0n) is 33.3. The van der Waals surface area contributed by atoms with E-state index in [-0.39, 0.29) is 11.1 Å². The number of hydrogen-bond donors (Lipinski definition) is 4. The number of anilines is 4. The maximum absolute atomic E-state index is 11.5. The van der Waals surface area contributed by atoms with Crippen LogP contribution in [-0.2, 0) is 21.4 Å². The van der Waals surface area contributed by atoms with Crippen LogP contribution in [0.15, 0.2) is 48.7 Å². The zero-order valence-corrected chi connectivity index (χ0v) is 34.1. The van der Waals surface area contributed by atoms with Gasteiger partial charge in [-0.3, -0.25) is 4.72 Å². The number of hydrogen-bond acceptors (Lipinski definition) is 10. The molecule has 0 saturated carbocycles. The number of carboxylic acid groups (broad SMARTS) is 3. The summed E-state index contributed by atoms with van der Waals surface area (Å²) in [5, 5.41) is 27.0. The Labute approximate surface area is 330 Å². The van der Waals surface area contributed by atoms with Gasteiger partial charge >= 0.3 is 17.9 Å². The zero-order chi connectivity index (χ0) is 41.2. The SMILES string of the molecule is CC1CCCCN1c1ccc(C(=O)O)cc1NS(C)(=O)=O.COCc1cc(C(=O)O)ccc1N1CCCCC1C.Cc1cc(C(=O)O)cnc1N1CCCC1C. The van der Waals surface area contributed by atoms with E-state index in [1.54, 1.807) is 31.4 Å². The van der Waals surface area contributed by atoms with Crippen LogP contribution in [0, 0.1) is 6.92 Å². The molecular weight excluding hydrogens is 739 g/mol. The molecular formula is C41H57N5O9S. The van der Waals surface area contributed by atoms with E-state index in [1.165, 1.54) is 50.4 Å². The molecule has 2 aromatic carbocycles. The van der Waals surface area contributed by atoms with E-state index in [9.17, 15) is 22.8 Å². The van der Waals surface area contributed by atoms with Gasteiger partial charge in [-0.05, 0) is 127 Å². The van der Waals surface area contributed by atoms with E-state index in [2.05, 4.69) is 45.2 Å². The quantitative estimate of drug-likeness (QED) is 0.162. The lowest BCUT2D eigenvalue weighted by molar-refractivity contribution is 0.0685. The molecule has 15 heteroatoms. The fourth-order valence-corrected chi connectivity index (χ4v) is 8.18. The predicted octanol–water partition coefficient (Wildman–Crippen LogP) is 7.12. The Morgan fingerprint density at radius 1 is 0.732 bits per heavy atom. The third kappa shape index (κ3) is 11.8. The third-order valence-electron chi connectivity index (χ3n) is 10.5. The molecule has 306 valence electrons. The number of rotatable bonds is 10. The lowest BCUT2D eigenvalue weighted by Crippen LogP contribution is -2.38. The van der Waals surface area contributed by atoms with Gasteiger partial charge in [0, 0.05) is 62.3 Å². The fraction of sp³-hybridized carbons (Fsp3) is 0.512. The van der Waals surface area contributed by atoms with Gasteiger partial charge < -0.3 is 34.8 Å². The Balaban J connectivity index is 0.000000188. The van der Waals surface area contributed by atoms with Crippen molar-refractivity contribution in [2.24, 2.45) is 0 Å². The maximum Gasteiger partial charge on any atom is 0.337 e. The van der Waals surface area contributed by atoms with Crippen LogP contribution in [0.25, 0.3) is 0 Å². The second-order valence-corrected chi connectivity index (χ2v) is 16.7. The fourth-order valence-electron chi connectivity index (χ4n) is 7.62. The molecule has 56 heavy (non-hydrogen) atoms. The minimum absolute atomic E-state index is 0.0644. The molecule has 0 aliphatic carbocycles. The van der Waals surface area contributed by atoms with Crippen LogP contribution in [0.2, 0.25) is 0 Å². The Bertz CT molecular complexity index is 1960. The Morgan fingerprint density at radius 3 is 1.71 bits per heavy atom. The standard InChI is InChI=1S/C15H21NO3.C14H20N2O4S.C12H16N2O2/c1-11-5-3-4-8-16(11)14-7-6-12(15(17)18)9-13(14)10-19-2;1-10-5-3-4-8-16(10)13-7-6-11(14(17)18)9-12(13)15-21(2,19)20;1-8-6-10(12(15)16)7-13-11(8)14-5-3-4-9(14)2/h6-7,9,11H,3-5,8,10H2,1-2H3,(H,17,18);6-7,9-10,15H,3-5,8H2,1-2H3,(H,17,18);6-7,9H,3-5H2,1-2H3,(H,15,16). The number of ether oxygens (including phenoxy) is 1. The van der Waals surface area contributed by atoms with Crippen LogP contribution in [0.3, 0.4) is 0 Å². The molecule has 6 rings (SSSR count). The number of aromatic carboxylic acids is 3. The molecule has 4 heterocycles. The highest BCUT2D eigenvalue weighted by Crippen LogP contribution is 2.33. The predicted molar refractivity (Wildman–Crippen MR) is 219 cm³/mol. The third-order valence-corrected chi connectivity index (χ3v) is 11.1. The van der Waals surface area contributed by atoms with E-state index < -0.39 is 27.9 Å². The number of methoxy groups -OCH3 is 1. The summed E-state index contributed by atoms with van der Waals surface area (Å²) in [6, 6.07) is 12.9. The van der Waals surface area contributed by atoms with Gasteiger partial charge in [-0.1, -0.05) is 0 Å². The first-order chi connectivity index (χ1) is 26.5. The van der Waals surface area contributed by atoms with Crippen LogP contribution in [-0.4, -0.2) is 97.8 Å². The lowest BCUT2D eigenvalue weighted by Gasteiger charge is -2.36. The second-order valence-electron chi connectivity index (χ2n) is 14.9. The van der Waals surface area contributed by atoms with Crippen molar-refractivity contribution < 1.29 is 42.9 Å². The van der Waals surface area contributed by atoms with Crippen molar-refractivity contribution in [1.29, 1.82) is 0 Å². The monoisotopic (exact) mass is 795 g/mol. The van der Waals surface area contributed by atoms with Crippen LogP contribution in [0.4, 0.5) is 22.9 Å². The van der Waals surface area contributed by atoms with Gasteiger partial charge in [-0.25, -0.2) is 27.8 Å². The minimum atomic E-state index is -3.47. The van der Waals surface area contributed by atoms with Crippen LogP contribution in [0.5, 0.6) is 0 Å². The number of aryl methyl sites for hydroxylation is 1. The van der Waals surface area contributed by atoms with Gasteiger partial charge in [0.1, 0.15) is 5.82 Å². The number of aromatic nitrogens is 1. The second kappa shape index (κ2) is 19.8. The van der Waals surface area contributed by atoms with E-state index in [1.807, 2.05) is 13.0 Å². The molecule has 3 saturated heterocycles. The van der Waals surface area contributed by atoms with Crippen molar-refractivity contribution in [2.75, 3.05) is 52.4 Å².